The molecule has 2 aromatic carbocycles. The fourth-order valence-electron chi connectivity index (χ4n) is 3.99. The number of thioether (sulfide) groups is 1. The number of nitrogens with zero attached hydrogens (tertiary/aromatic N) is 3. The molecule has 0 bridgehead atoms. The first-order valence-electron chi connectivity index (χ1n) is 10.7. The first-order chi connectivity index (χ1) is 15.0. The number of carbonyl (C=O) groups excluding carboxylic acids is 1. The third-order valence-electron chi connectivity index (χ3n) is 5.83. The molecule has 0 spiro atoms. The number of benzene rings is 2. The molecule has 0 atom stereocenters. The highest BCUT2D eigenvalue weighted by molar-refractivity contribution is 9.10. The van der Waals surface area contributed by atoms with E-state index < -0.39 is 0 Å². The second kappa shape index (κ2) is 10.0. The average molecular weight is 499 g/mol. The van der Waals surface area contributed by atoms with Crippen LogP contribution >= 0.6 is 27.7 Å². The van der Waals surface area contributed by atoms with Crippen LogP contribution < -0.4 is 5.32 Å². The largest absolute Gasteiger partial charge is 0.325 e. The van der Waals surface area contributed by atoms with Gasteiger partial charge in [-0.3, -0.25) is 9.36 Å². The van der Waals surface area contributed by atoms with Crippen LogP contribution in [0.15, 0.2) is 52.1 Å². The Morgan fingerprint density at radius 2 is 1.81 bits per heavy atom. The third kappa shape index (κ3) is 5.39. The van der Waals surface area contributed by atoms with Crippen molar-refractivity contribution in [2.75, 3.05) is 11.1 Å². The van der Waals surface area contributed by atoms with Crippen LogP contribution in [0.5, 0.6) is 0 Å². The van der Waals surface area contributed by atoms with Crippen molar-refractivity contribution in [3.63, 3.8) is 0 Å². The van der Waals surface area contributed by atoms with Gasteiger partial charge in [0.15, 0.2) is 11.0 Å². The fourth-order valence-corrected chi connectivity index (χ4v) is 5.06. The summed E-state index contributed by atoms with van der Waals surface area (Å²) >= 11 is 4.97. The highest BCUT2D eigenvalue weighted by Gasteiger charge is 2.24. The van der Waals surface area contributed by atoms with Crippen LogP contribution in [0.2, 0.25) is 0 Å². The van der Waals surface area contributed by atoms with Crippen LogP contribution in [0.3, 0.4) is 0 Å². The monoisotopic (exact) mass is 498 g/mol. The standard InChI is InChI=1S/C24H27BrN4OS/c1-16-8-13-20(14-17(16)2)26-22(30)15-31-24-28-27-23(18-9-11-19(25)12-10-18)29(24)21-6-4-3-5-7-21/h8-14,21H,3-7,15H2,1-2H3,(H,26,30). The Morgan fingerprint density at radius 1 is 1.06 bits per heavy atom. The molecule has 1 amide bonds. The topological polar surface area (TPSA) is 59.8 Å². The Balaban J connectivity index is 1.52. The highest BCUT2D eigenvalue weighted by atomic mass is 79.9. The zero-order valence-electron chi connectivity index (χ0n) is 17.9. The van der Waals surface area contributed by atoms with Gasteiger partial charge in [0.25, 0.3) is 0 Å². The van der Waals surface area contributed by atoms with E-state index in [1.165, 1.54) is 42.2 Å². The maximum Gasteiger partial charge on any atom is 0.234 e. The lowest BCUT2D eigenvalue weighted by Crippen LogP contribution is -2.17. The molecule has 1 aliphatic carbocycles. The maximum atomic E-state index is 12.6. The van der Waals surface area contributed by atoms with Gasteiger partial charge in [0, 0.05) is 21.8 Å². The minimum atomic E-state index is -0.0309. The first-order valence-corrected chi connectivity index (χ1v) is 12.5. The first kappa shape index (κ1) is 22.1. The zero-order valence-corrected chi connectivity index (χ0v) is 20.3. The van der Waals surface area contributed by atoms with E-state index in [9.17, 15) is 4.79 Å². The highest BCUT2D eigenvalue weighted by Crippen LogP contribution is 2.35. The summed E-state index contributed by atoms with van der Waals surface area (Å²) in [5.41, 5.74) is 4.26. The number of aromatic nitrogens is 3. The summed E-state index contributed by atoms with van der Waals surface area (Å²) in [5, 5.41) is 12.8. The molecule has 1 fully saturated rings. The number of nitrogens with one attached hydrogen (secondary N) is 1. The molecule has 3 aromatic rings. The Labute approximate surface area is 196 Å². The van der Waals surface area contributed by atoms with Crippen LogP contribution in [0, 0.1) is 13.8 Å². The van der Waals surface area contributed by atoms with E-state index in [-0.39, 0.29) is 5.91 Å². The van der Waals surface area contributed by atoms with Gasteiger partial charge in [0.2, 0.25) is 5.91 Å². The van der Waals surface area contributed by atoms with Crippen LogP contribution in [0.4, 0.5) is 5.69 Å². The molecule has 5 nitrogen and oxygen atoms in total. The summed E-state index contributed by atoms with van der Waals surface area (Å²) in [6.45, 7) is 4.12. The predicted molar refractivity (Wildman–Crippen MR) is 131 cm³/mol. The molecule has 0 saturated heterocycles. The van der Waals surface area contributed by atoms with Crippen molar-refractivity contribution < 1.29 is 4.79 Å². The summed E-state index contributed by atoms with van der Waals surface area (Å²) in [7, 11) is 0. The second-order valence-corrected chi connectivity index (χ2v) is 9.97. The number of hydrogen-bond acceptors (Lipinski definition) is 4. The van der Waals surface area contributed by atoms with Crippen molar-refractivity contribution in [3.05, 3.63) is 58.1 Å². The minimum absolute atomic E-state index is 0.0309. The molecule has 31 heavy (non-hydrogen) atoms. The summed E-state index contributed by atoms with van der Waals surface area (Å²) in [5.74, 6) is 1.16. The molecule has 4 rings (SSSR count). The number of carbonyl (C=O) groups is 1. The molecule has 1 aromatic heterocycles. The van der Waals surface area contributed by atoms with Gasteiger partial charge in [-0.1, -0.05) is 65.2 Å². The molecule has 1 heterocycles. The van der Waals surface area contributed by atoms with E-state index in [0.29, 0.717) is 11.8 Å². The number of aryl methyl sites for hydroxylation is 2. The van der Waals surface area contributed by atoms with E-state index in [1.807, 2.05) is 30.3 Å². The molecular weight excluding hydrogens is 472 g/mol. The third-order valence-corrected chi connectivity index (χ3v) is 7.30. The van der Waals surface area contributed by atoms with Gasteiger partial charge in [0.05, 0.1) is 5.75 Å². The molecule has 0 unspecified atom stereocenters. The summed E-state index contributed by atoms with van der Waals surface area (Å²) in [6, 6.07) is 14.5. The molecule has 1 N–H and O–H groups in total. The molecule has 1 aliphatic rings. The van der Waals surface area contributed by atoms with Gasteiger partial charge in [0.1, 0.15) is 0 Å². The summed E-state index contributed by atoms with van der Waals surface area (Å²) in [4.78, 5) is 12.6. The number of hydrogen-bond donors (Lipinski definition) is 1. The number of anilines is 1. The Bertz CT molecular complexity index is 1060. The Morgan fingerprint density at radius 3 is 2.52 bits per heavy atom. The van der Waals surface area contributed by atoms with Crippen molar-refractivity contribution in [3.8, 4) is 11.4 Å². The van der Waals surface area contributed by atoms with Gasteiger partial charge >= 0.3 is 0 Å². The molecule has 7 heteroatoms. The molecule has 0 aliphatic heterocycles. The van der Waals surface area contributed by atoms with Crippen molar-refractivity contribution in [2.24, 2.45) is 0 Å². The van der Waals surface area contributed by atoms with Gasteiger partial charge in [-0.15, -0.1) is 10.2 Å². The van der Waals surface area contributed by atoms with Gasteiger partial charge in [-0.2, -0.15) is 0 Å². The lowest BCUT2D eigenvalue weighted by Gasteiger charge is -2.25. The van der Waals surface area contributed by atoms with Crippen LogP contribution in [0.1, 0.15) is 49.3 Å². The minimum Gasteiger partial charge on any atom is -0.325 e. The quantitative estimate of drug-likeness (QED) is 0.390. The van der Waals surface area contributed by atoms with Gasteiger partial charge < -0.3 is 5.32 Å². The van der Waals surface area contributed by atoms with Crippen LogP contribution in [0.25, 0.3) is 11.4 Å². The number of amides is 1. The molecule has 0 radical (unpaired) electrons. The second-order valence-electron chi connectivity index (χ2n) is 8.11. The van der Waals surface area contributed by atoms with Crippen molar-refractivity contribution >= 4 is 39.3 Å². The Kier molecular flexibility index (Phi) is 7.13. The van der Waals surface area contributed by atoms with Gasteiger partial charge in [-0.05, 0) is 62.1 Å². The average Bonchev–Trinajstić information content (AvgIpc) is 3.20. The molecular formula is C24H27BrN4OS. The lowest BCUT2D eigenvalue weighted by atomic mass is 9.95. The number of halogens is 1. The molecule has 162 valence electrons. The predicted octanol–water partition coefficient (Wildman–Crippen LogP) is 6.56. The van der Waals surface area contributed by atoms with E-state index in [2.05, 4.69) is 62.0 Å². The van der Waals surface area contributed by atoms with Gasteiger partial charge in [-0.25, -0.2) is 0 Å². The molecule has 1 saturated carbocycles. The summed E-state index contributed by atoms with van der Waals surface area (Å²) in [6.07, 6.45) is 5.99. The normalized spacial score (nSPS) is 14.5. The van der Waals surface area contributed by atoms with E-state index in [4.69, 9.17) is 0 Å². The zero-order chi connectivity index (χ0) is 21.8. The van der Waals surface area contributed by atoms with Crippen molar-refractivity contribution in [1.29, 1.82) is 0 Å². The van der Waals surface area contributed by atoms with Crippen molar-refractivity contribution in [2.45, 2.75) is 57.1 Å². The SMILES string of the molecule is Cc1ccc(NC(=O)CSc2nnc(-c3ccc(Br)cc3)n2C2CCCCC2)cc1C. The smallest absolute Gasteiger partial charge is 0.234 e. The number of rotatable bonds is 6. The van der Waals surface area contributed by atoms with E-state index in [0.717, 1.165) is 39.5 Å². The van der Waals surface area contributed by atoms with Crippen molar-refractivity contribution in [1.82, 2.24) is 14.8 Å². The van der Waals surface area contributed by atoms with E-state index in [1.54, 1.807) is 0 Å². The lowest BCUT2D eigenvalue weighted by molar-refractivity contribution is -0.113. The van der Waals surface area contributed by atoms with Crippen LogP contribution in [-0.4, -0.2) is 26.4 Å². The van der Waals surface area contributed by atoms with Crippen LogP contribution in [-0.2, 0) is 4.79 Å². The fraction of sp³-hybridized carbons (Fsp3) is 0.375. The van der Waals surface area contributed by atoms with E-state index >= 15 is 0 Å². The maximum absolute atomic E-state index is 12.6. The Hall–Kier alpha value is -2.12. The summed E-state index contributed by atoms with van der Waals surface area (Å²) < 4.78 is 3.30.